The third-order valence-electron chi connectivity index (χ3n) is 2.69. The Hall–Kier alpha value is -1.36. The van der Waals surface area contributed by atoms with E-state index in [-0.39, 0.29) is 6.42 Å². The summed E-state index contributed by atoms with van der Waals surface area (Å²) in [4.78, 5) is 16.9. The van der Waals surface area contributed by atoms with Gasteiger partial charge in [-0.05, 0) is 13.0 Å². The van der Waals surface area contributed by atoms with Crippen molar-refractivity contribution in [1.82, 2.24) is 14.5 Å². The maximum atomic E-state index is 10.4. The van der Waals surface area contributed by atoms with Gasteiger partial charge in [0.1, 0.15) is 5.82 Å². The van der Waals surface area contributed by atoms with Crippen molar-refractivity contribution in [3.63, 3.8) is 0 Å². The summed E-state index contributed by atoms with van der Waals surface area (Å²) in [5.74, 6) is 0.366. The van der Waals surface area contributed by atoms with Gasteiger partial charge in [-0.3, -0.25) is 9.69 Å². The number of carboxylic acids is 1. The van der Waals surface area contributed by atoms with E-state index in [9.17, 15) is 4.79 Å². The molecular formula is C10H15N3O2. The standard InChI is InChI=1S/C10H15N3O2/c14-10(15)2-1-4-12-6-7-13-5-3-11-9(13)8-12/h3,5H,1-2,4,6-8H2,(H,14,15). The molecule has 0 bridgehead atoms. The molecule has 1 aromatic rings. The Labute approximate surface area is 88.3 Å². The SMILES string of the molecule is O=C(O)CCCN1CCn2ccnc2C1. The average molecular weight is 209 g/mol. The lowest BCUT2D eigenvalue weighted by atomic mass is 10.2. The number of imidazole rings is 1. The number of carboxylic acid groups (broad SMARTS) is 1. The van der Waals surface area contributed by atoms with Crippen LogP contribution in [0.4, 0.5) is 0 Å². The second kappa shape index (κ2) is 4.44. The topological polar surface area (TPSA) is 58.4 Å². The third-order valence-corrected chi connectivity index (χ3v) is 2.69. The Bertz CT molecular complexity index is 348. The molecule has 1 aliphatic heterocycles. The van der Waals surface area contributed by atoms with Crippen LogP contribution in [-0.4, -0.2) is 38.6 Å². The van der Waals surface area contributed by atoms with Crippen LogP contribution in [0.15, 0.2) is 12.4 Å². The van der Waals surface area contributed by atoms with Crippen LogP contribution in [0.25, 0.3) is 0 Å². The minimum atomic E-state index is -0.714. The van der Waals surface area contributed by atoms with Crippen LogP contribution in [0.3, 0.4) is 0 Å². The molecule has 1 N–H and O–H groups in total. The summed E-state index contributed by atoms with van der Waals surface area (Å²) >= 11 is 0. The highest BCUT2D eigenvalue weighted by Gasteiger charge is 2.15. The summed E-state index contributed by atoms with van der Waals surface area (Å²) in [6, 6.07) is 0. The lowest BCUT2D eigenvalue weighted by Gasteiger charge is -2.27. The molecule has 2 heterocycles. The molecule has 82 valence electrons. The van der Waals surface area contributed by atoms with Crippen molar-refractivity contribution in [2.24, 2.45) is 0 Å². The number of rotatable bonds is 4. The zero-order chi connectivity index (χ0) is 10.7. The van der Waals surface area contributed by atoms with Gasteiger partial charge < -0.3 is 9.67 Å². The second-order valence-electron chi connectivity index (χ2n) is 3.81. The molecule has 0 spiro atoms. The Morgan fingerprint density at radius 1 is 1.53 bits per heavy atom. The highest BCUT2D eigenvalue weighted by Crippen LogP contribution is 2.10. The van der Waals surface area contributed by atoms with E-state index in [2.05, 4.69) is 14.5 Å². The average Bonchev–Trinajstić information content (AvgIpc) is 2.64. The largest absolute Gasteiger partial charge is 0.481 e. The van der Waals surface area contributed by atoms with E-state index in [1.54, 1.807) is 0 Å². The molecule has 0 saturated heterocycles. The highest BCUT2D eigenvalue weighted by atomic mass is 16.4. The molecule has 0 fully saturated rings. The maximum absolute atomic E-state index is 10.4. The zero-order valence-electron chi connectivity index (χ0n) is 8.59. The van der Waals surface area contributed by atoms with Gasteiger partial charge in [-0.15, -0.1) is 0 Å². The van der Waals surface area contributed by atoms with Gasteiger partial charge in [-0.25, -0.2) is 4.98 Å². The molecule has 0 aromatic carbocycles. The Morgan fingerprint density at radius 3 is 3.20 bits per heavy atom. The molecule has 0 radical (unpaired) electrons. The van der Waals surface area contributed by atoms with Crippen LogP contribution in [-0.2, 0) is 17.9 Å². The zero-order valence-corrected chi connectivity index (χ0v) is 8.59. The van der Waals surface area contributed by atoms with Crippen LogP contribution in [0.2, 0.25) is 0 Å². The Morgan fingerprint density at radius 2 is 2.40 bits per heavy atom. The fraction of sp³-hybridized carbons (Fsp3) is 0.600. The van der Waals surface area contributed by atoms with Gasteiger partial charge >= 0.3 is 5.97 Å². The fourth-order valence-corrected chi connectivity index (χ4v) is 1.87. The van der Waals surface area contributed by atoms with Gasteiger partial charge in [0.25, 0.3) is 0 Å². The van der Waals surface area contributed by atoms with E-state index in [1.165, 1.54) is 0 Å². The number of carbonyl (C=O) groups is 1. The Balaban J connectivity index is 1.80. The number of nitrogens with zero attached hydrogens (tertiary/aromatic N) is 3. The van der Waals surface area contributed by atoms with Gasteiger partial charge in [0.15, 0.2) is 0 Å². The highest BCUT2D eigenvalue weighted by molar-refractivity contribution is 5.66. The summed E-state index contributed by atoms with van der Waals surface area (Å²) in [5, 5.41) is 8.53. The summed E-state index contributed by atoms with van der Waals surface area (Å²) in [5.41, 5.74) is 0. The molecule has 5 heteroatoms. The second-order valence-corrected chi connectivity index (χ2v) is 3.81. The molecule has 1 aromatic heterocycles. The molecule has 0 saturated carbocycles. The molecule has 0 atom stereocenters. The van der Waals surface area contributed by atoms with Crippen LogP contribution in [0, 0.1) is 0 Å². The fourth-order valence-electron chi connectivity index (χ4n) is 1.87. The molecule has 2 rings (SSSR count). The van der Waals surface area contributed by atoms with Gasteiger partial charge in [0, 0.05) is 31.9 Å². The lowest BCUT2D eigenvalue weighted by Crippen LogP contribution is -2.34. The normalized spacial score (nSPS) is 16.3. The van der Waals surface area contributed by atoms with Crippen molar-refractivity contribution in [1.29, 1.82) is 0 Å². The smallest absolute Gasteiger partial charge is 0.303 e. The first-order valence-corrected chi connectivity index (χ1v) is 5.20. The molecule has 0 unspecified atom stereocenters. The molecule has 1 aliphatic rings. The quantitative estimate of drug-likeness (QED) is 0.787. The Kier molecular flexibility index (Phi) is 3.01. The van der Waals surface area contributed by atoms with Gasteiger partial charge in [0.2, 0.25) is 0 Å². The lowest BCUT2D eigenvalue weighted by molar-refractivity contribution is -0.137. The first-order valence-electron chi connectivity index (χ1n) is 5.20. The van der Waals surface area contributed by atoms with Crippen molar-refractivity contribution in [3.8, 4) is 0 Å². The third kappa shape index (κ3) is 2.56. The van der Waals surface area contributed by atoms with Crippen molar-refractivity contribution in [2.45, 2.75) is 25.9 Å². The van der Waals surface area contributed by atoms with Gasteiger partial charge in [-0.2, -0.15) is 0 Å². The number of fused-ring (bicyclic) bond motifs is 1. The van der Waals surface area contributed by atoms with Crippen molar-refractivity contribution in [2.75, 3.05) is 13.1 Å². The van der Waals surface area contributed by atoms with Gasteiger partial charge in [-0.1, -0.05) is 0 Å². The predicted molar refractivity (Wildman–Crippen MR) is 54.4 cm³/mol. The monoisotopic (exact) mass is 209 g/mol. The number of hydrogen-bond acceptors (Lipinski definition) is 3. The minimum Gasteiger partial charge on any atom is -0.481 e. The maximum Gasteiger partial charge on any atom is 0.303 e. The summed E-state index contributed by atoms with van der Waals surface area (Å²) in [6.07, 6.45) is 4.78. The molecule has 0 amide bonds. The van der Waals surface area contributed by atoms with E-state index >= 15 is 0 Å². The number of aromatic nitrogens is 2. The minimum absolute atomic E-state index is 0.255. The van der Waals surface area contributed by atoms with E-state index in [4.69, 9.17) is 5.11 Å². The molecular weight excluding hydrogens is 194 g/mol. The van der Waals surface area contributed by atoms with E-state index in [0.717, 1.165) is 38.4 Å². The summed E-state index contributed by atoms with van der Waals surface area (Å²) in [7, 11) is 0. The van der Waals surface area contributed by atoms with Crippen LogP contribution < -0.4 is 0 Å². The number of aliphatic carboxylic acids is 1. The van der Waals surface area contributed by atoms with Crippen LogP contribution in [0.1, 0.15) is 18.7 Å². The number of hydrogen-bond donors (Lipinski definition) is 1. The van der Waals surface area contributed by atoms with E-state index < -0.39 is 5.97 Å². The molecule has 15 heavy (non-hydrogen) atoms. The predicted octanol–water partition coefficient (Wildman–Crippen LogP) is 0.563. The summed E-state index contributed by atoms with van der Waals surface area (Å²) in [6.45, 7) is 3.64. The first kappa shape index (κ1) is 10.2. The van der Waals surface area contributed by atoms with Gasteiger partial charge in [0.05, 0.1) is 6.54 Å². The van der Waals surface area contributed by atoms with Crippen LogP contribution >= 0.6 is 0 Å². The van der Waals surface area contributed by atoms with E-state index in [0.29, 0.717) is 0 Å². The van der Waals surface area contributed by atoms with Crippen molar-refractivity contribution >= 4 is 5.97 Å². The molecule has 5 nitrogen and oxygen atoms in total. The first-order chi connectivity index (χ1) is 7.25. The van der Waals surface area contributed by atoms with Crippen LogP contribution in [0.5, 0.6) is 0 Å². The van der Waals surface area contributed by atoms with Crippen molar-refractivity contribution in [3.05, 3.63) is 18.2 Å². The van der Waals surface area contributed by atoms with E-state index in [1.807, 2.05) is 12.4 Å². The van der Waals surface area contributed by atoms with Crippen molar-refractivity contribution < 1.29 is 9.90 Å². The summed E-state index contributed by atoms with van der Waals surface area (Å²) < 4.78 is 2.15. The molecule has 0 aliphatic carbocycles.